The molecule has 2 aliphatic carbocycles. The average molecular weight is 425 g/mol. The first-order valence-corrected chi connectivity index (χ1v) is 11.6. The first-order valence-electron chi connectivity index (χ1n) is 11.6. The van der Waals surface area contributed by atoms with E-state index < -0.39 is 0 Å². The predicted molar refractivity (Wildman–Crippen MR) is 115 cm³/mol. The Morgan fingerprint density at radius 3 is 1.37 bits per heavy atom. The Morgan fingerprint density at radius 1 is 0.733 bits per heavy atom. The second-order valence-electron chi connectivity index (χ2n) is 9.00. The van der Waals surface area contributed by atoms with E-state index in [2.05, 4.69) is 9.80 Å². The van der Waals surface area contributed by atoms with E-state index >= 15 is 0 Å². The van der Waals surface area contributed by atoms with Crippen molar-refractivity contribution in [3.05, 3.63) is 0 Å². The molecule has 0 aromatic heterocycles. The molecule has 3 aliphatic rings. The number of rotatable bonds is 10. The van der Waals surface area contributed by atoms with Gasteiger partial charge in [-0.15, -0.1) is 0 Å². The van der Waals surface area contributed by atoms with Crippen LogP contribution in [0.1, 0.15) is 39.5 Å². The van der Waals surface area contributed by atoms with Crippen LogP contribution in [0.5, 0.6) is 0 Å². The van der Waals surface area contributed by atoms with Crippen molar-refractivity contribution in [2.24, 2.45) is 0 Å². The van der Waals surface area contributed by atoms with Gasteiger partial charge in [-0.05, 0) is 53.6 Å². The fourth-order valence-corrected chi connectivity index (χ4v) is 4.63. The maximum absolute atomic E-state index is 12.7. The predicted octanol–water partition coefficient (Wildman–Crippen LogP) is 0.656. The zero-order valence-electron chi connectivity index (χ0n) is 19.2. The van der Waals surface area contributed by atoms with Crippen molar-refractivity contribution in [1.29, 1.82) is 0 Å². The zero-order chi connectivity index (χ0) is 21.7. The van der Waals surface area contributed by atoms with Crippen LogP contribution >= 0.6 is 0 Å². The molecule has 3 rings (SSSR count). The molecule has 1 aliphatic heterocycles. The first kappa shape index (κ1) is 23.4. The molecule has 2 amide bonds. The normalized spacial score (nSPS) is 29.1. The van der Waals surface area contributed by atoms with E-state index in [9.17, 15) is 9.59 Å². The standard InChI is InChI=1S/C22H40N4O4/c1-5-29-19-11-17(12-19)23(3)15-21(27)25-7-9-26(10-8-25)22(28)16-24(4)18-13-20(14-18)30-6-2/h17-20H,5-16H2,1-4H3. The largest absolute Gasteiger partial charge is 0.378 e. The maximum atomic E-state index is 12.7. The lowest BCUT2D eigenvalue weighted by Gasteiger charge is -2.42. The third-order valence-electron chi connectivity index (χ3n) is 6.95. The van der Waals surface area contributed by atoms with E-state index in [0.717, 1.165) is 38.9 Å². The molecule has 1 heterocycles. The number of likely N-dealkylation sites (N-methyl/N-ethyl adjacent to an activating group) is 2. The number of carbonyl (C=O) groups excluding carboxylic acids is 2. The first-order chi connectivity index (χ1) is 14.4. The molecule has 30 heavy (non-hydrogen) atoms. The van der Waals surface area contributed by atoms with Gasteiger partial charge in [0.05, 0.1) is 25.3 Å². The average Bonchev–Trinajstić information content (AvgIpc) is 2.66. The molecule has 0 radical (unpaired) electrons. The van der Waals surface area contributed by atoms with Gasteiger partial charge in [-0.3, -0.25) is 19.4 Å². The van der Waals surface area contributed by atoms with E-state index in [0.29, 0.717) is 63.6 Å². The summed E-state index contributed by atoms with van der Waals surface area (Å²) in [6.45, 7) is 8.97. The van der Waals surface area contributed by atoms with Gasteiger partial charge < -0.3 is 19.3 Å². The van der Waals surface area contributed by atoms with Crippen molar-refractivity contribution in [1.82, 2.24) is 19.6 Å². The number of nitrogens with zero attached hydrogens (tertiary/aromatic N) is 4. The number of ether oxygens (including phenoxy) is 2. The summed E-state index contributed by atoms with van der Waals surface area (Å²) in [5.74, 6) is 0.330. The second-order valence-corrected chi connectivity index (χ2v) is 9.00. The van der Waals surface area contributed by atoms with Crippen LogP contribution in [-0.2, 0) is 19.1 Å². The van der Waals surface area contributed by atoms with Crippen molar-refractivity contribution >= 4 is 11.8 Å². The van der Waals surface area contributed by atoms with E-state index in [1.165, 1.54) is 0 Å². The lowest BCUT2D eigenvalue weighted by Crippen LogP contribution is -2.56. The Bertz CT molecular complexity index is 519. The Morgan fingerprint density at radius 2 is 1.07 bits per heavy atom. The highest BCUT2D eigenvalue weighted by Crippen LogP contribution is 2.28. The Hall–Kier alpha value is -1.22. The molecule has 172 valence electrons. The summed E-state index contributed by atoms with van der Waals surface area (Å²) in [6, 6.07) is 0.885. The molecule has 0 bridgehead atoms. The van der Waals surface area contributed by atoms with Gasteiger partial charge in [0, 0.05) is 51.5 Å². The van der Waals surface area contributed by atoms with E-state index in [1.54, 1.807) is 0 Å². The number of hydrogen-bond donors (Lipinski definition) is 0. The highest BCUT2D eigenvalue weighted by molar-refractivity contribution is 5.80. The molecule has 0 N–H and O–H groups in total. The monoisotopic (exact) mass is 424 g/mol. The lowest BCUT2D eigenvalue weighted by molar-refractivity contribution is -0.142. The quantitative estimate of drug-likeness (QED) is 0.513. The maximum Gasteiger partial charge on any atom is 0.236 e. The number of amides is 2. The van der Waals surface area contributed by atoms with Gasteiger partial charge >= 0.3 is 0 Å². The van der Waals surface area contributed by atoms with Crippen molar-refractivity contribution in [3.63, 3.8) is 0 Å². The van der Waals surface area contributed by atoms with Crippen LogP contribution in [0, 0.1) is 0 Å². The molecule has 3 fully saturated rings. The summed E-state index contributed by atoms with van der Waals surface area (Å²) < 4.78 is 11.2. The van der Waals surface area contributed by atoms with Crippen LogP contribution in [0.3, 0.4) is 0 Å². The minimum atomic E-state index is 0.165. The van der Waals surface area contributed by atoms with E-state index in [-0.39, 0.29) is 11.8 Å². The molecule has 0 aromatic carbocycles. The summed E-state index contributed by atoms with van der Waals surface area (Å²) in [6.07, 6.45) is 4.77. The molecular formula is C22H40N4O4. The molecular weight excluding hydrogens is 384 g/mol. The lowest BCUT2D eigenvalue weighted by atomic mass is 9.88. The fraction of sp³-hybridized carbons (Fsp3) is 0.909. The molecule has 8 heteroatoms. The van der Waals surface area contributed by atoms with Crippen LogP contribution in [0.25, 0.3) is 0 Å². The number of carbonyl (C=O) groups is 2. The smallest absolute Gasteiger partial charge is 0.236 e. The van der Waals surface area contributed by atoms with Gasteiger partial charge in [0.15, 0.2) is 0 Å². The van der Waals surface area contributed by atoms with Gasteiger partial charge in [0.25, 0.3) is 0 Å². The topological polar surface area (TPSA) is 65.6 Å². The van der Waals surface area contributed by atoms with Crippen LogP contribution in [0.4, 0.5) is 0 Å². The summed E-state index contributed by atoms with van der Waals surface area (Å²) in [4.78, 5) is 33.4. The van der Waals surface area contributed by atoms with Crippen molar-refractivity contribution < 1.29 is 19.1 Å². The Labute approximate surface area is 181 Å². The minimum Gasteiger partial charge on any atom is -0.378 e. The minimum absolute atomic E-state index is 0.165. The van der Waals surface area contributed by atoms with Gasteiger partial charge in [-0.1, -0.05) is 0 Å². The summed E-state index contributed by atoms with van der Waals surface area (Å²) >= 11 is 0. The highest BCUT2D eigenvalue weighted by Gasteiger charge is 2.35. The van der Waals surface area contributed by atoms with E-state index in [4.69, 9.17) is 9.47 Å². The van der Waals surface area contributed by atoms with Crippen molar-refractivity contribution in [3.8, 4) is 0 Å². The van der Waals surface area contributed by atoms with Crippen LogP contribution in [-0.4, -0.2) is 122 Å². The van der Waals surface area contributed by atoms with Crippen molar-refractivity contribution in [2.75, 3.05) is 66.6 Å². The zero-order valence-corrected chi connectivity index (χ0v) is 19.2. The molecule has 0 spiro atoms. The Balaban J connectivity index is 1.32. The fourth-order valence-electron chi connectivity index (χ4n) is 4.63. The molecule has 1 saturated heterocycles. The van der Waals surface area contributed by atoms with Crippen molar-refractivity contribution in [2.45, 2.75) is 63.8 Å². The van der Waals surface area contributed by atoms with Crippen LogP contribution in [0.15, 0.2) is 0 Å². The van der Waals surface area contributed by atoms with Gasteiger partial charge in [0.2, 0.25) is 11.8 Å². The third kappa shape index (κ3) is 5.93. The highest BCUT2D eigenvalue weighted by atomic mass is 16.5. The van der Waals surface area contributed by atoms with Crippen LogP contribution in [0.2, 0.25) is 0 Å². The van der Waals surface area contributed by atoms with E-state index in [1.807, 2.05) is 37.7 Å². The SMILES string of the molecule is CCOC1CC(N(C)CC(=O)N2CCN(C(=O)CN(C)C3CC(OCC)C3)CC2)C1. The summed E-state index contributed by atoms with van der Waals surface area (Å²) in [7, 11) is 4.05. The Kier molecular flexibility index (Phi) is 8.51. The van der Waals surface area contributed by atoms with Gasteiger partial charge in [0.1, 0.15) is 0 Å². The van der Waals surface area contributed by atoms with Gasteiger partial charge in [-0.25, -0.2) is 0 Å². The molecule has 0 unspecified atom stereocenters. The molecule has 0 atom stereocenters. The third-order valence-corrected chi connectivity index (χ3v) is 6.95. The molecule has 0 aromatic rings. The number of hydrogen-bond acceptors (Lipinski definition) is 6. The number of piperazine rings is 1. The molecule has 8 nitrogen and oxygen atoms in total. The second kappa shape index (κ2) is 10.9. The summed E-state index contributed by atoms with van der Waals surface area (Å²) in [5.41, 5.74) is 0. The van der Waals surface area contributed by atoms with Gasteiger partial charge in [-0.2, -0.15) is 0 Å². The molecule has 2 saturated carbocycles. The summed E-state index contributed by atoms with van der Waals surface area (Å²) in [5, 5.41) is 0. The van der Waals surface area contributed by atoms with Crippen LogP contribution < -0.4 is 0 Å².